The van der Waals surface area contributed by atoms with Crippen LogP contribution >= 0.6 is 0 Å². The summed E-state index contributed by atoms with van der Waals surface area (Å²) in [7, 11) is 0. The van der Waals surface area contributed by atoms with Crippen LogP contribution in [-0.4, -0.2) is 64.2 Å². The lowest BCUT2D eigenvalue weighted by Gasteiger charge is -2.40. The van der Waals surface area contributed by atoms with E-state index in [0.29, 0.717) is 6.54 Å². The molecule has 0 aromatic heterocycles. The van der Waals surface area contributed by atoms with E-state index in [0.717, 1.165) is 25.7 Å². The van der Waals surface area contributed by atoms with E-state index in [9.17, 15) is 15.3 Å². The molecule has 1 heterocycles. The number of hydrogen-bond donors (Lipinski definition) is 5. The summed E-state index contributed by atoms with van der Waals surface area (Å²) >= 11 is 0. The van der Waals surface area contributed by atoms with E-state index in [1.165, 1.54) is 0 Å². The van der Waals surface area contributed by atoms with Gasteiger partial charge in [-0.05, 0) is 13.0 Å². The smallest absolute Gasteiger partial charge is 0.173 e. The second-order valence-electron chi connectivity index (χ2n) is 4.77. The molecule has 0 saturated carbocycles. The maximum Gasteiger partial charge on any atom is 0.173 e. The van der Waals surface area contributed by atoms with Crippen molar-refractivity contribution in [2.45, 2.75) is 63.3 Å². The molecule has 1 aliphatic heterocycles. The molecule has 1 rings (SSSR count). The van der Waals surface area contributed by atoms with E-state index in [1.54, 1.807) is 0 Å². The van der Waals surface area contributed by atoms with Crippen molar-refractivity contribution in [2.24, 2.45) is 0 Å². The van der Waals surface area contributed by atoms with E-state index in [-0.39, 0.29) is 0 Å². The van der Waals surface area contributed by atoms with Crippen LogP contribution in [0.4, 0.5) is 0 Å². The third-order valence-corrected chi connectivity index (χ3v) is 3.31. The van der Waals surface area contributed by atoms with Crippen molar-refractivity contribution in [1.29, 1.82) is 0 Å². The summed E-state index contributed by atoms with van der Waals surface area (Å²) in [6, 6.07) is -0.718. The maximum absolute atomic E-state index is 9.85. The molecule has 0 aromatic carbocycles. The van der Waals surface area contributed by atoms with Crippen molar-refractivity contribution in [1.82, 2.24) is 5.32 Å². The molecule has 0 bridgehead atoms. The molecule has 1 saturated heterocycles. The van der Waals surface area contributed by atoms with Crippen LogP contribution in [0.5, 0.6) is 0 Å². The lowest BCUT2D eigenvalue weighted by molar-refractivity contribution is -0.254. The lowest BCUT2D eigenvalue weighted by atomic mass is 9.97. The summed E-state index contributed by atoms with van der Waals surface area (Å²) in [6.45, 7) is 2.35. The number of unbranched alkanes of at least 4 members (excludes halogenated alkanes) is 3. The second kappa shape index (κ2) is 8.04. The predicted molar refractivity (Wildman–Crippen MR) is 65.9 cm³/mol. The Balaban J connectivity index is 2.35. The van der Waals surface area contributed by atoms with Crippen molar-refractivity contribution < 1.29 is 25.2 Å². The van der Waals surface area contributed by atoms with Gasteiger partial charge in [0.25, 0.3) is 0 Å². The molecular formula is C12H25NO5. The Bertz CT molecular complexity index is 229. The molecule has 0 aliphatic carbocycles. The van der Waals surface area contributed by atoms with E-state index in [4.69, 9.17) is 9.84 Å². The van der Waals surface area contributed by atoms with Crippen molar-refractivity contribution >= 4 is 0 Å². The Morgan fingerprint density at radius 1 is 1.06 bits per heavy atom. The Kier molecular flexibility index (Phi) is 7.06. The Morgan fingerprint density at radius 2 is 1.78 bits per heavy atom. The number of aliphatic hydroxyl groups excluding tert-OH is 4. The average molecular weight is 263 g/mol. The van der Waals surface area contributed by atoms with E-state index in [1.807, 2.05) is 0 Å². The summed E-state index contributed by atoms with van der Waals surface area (Å²) in [5, 5.41) is 41.1. The summed E-state index contributed by atoms with van der Waals surface area (Å²) < 4.78 is 5.04. The van der Waals surface area contributed by atoms with E-state index in [2.05, 4.69) is 12.2 Å². The van der Waals surface area contributed by atoms with Crippen LogP contribution in [0.2, 0.25) is 0 Å². The van der Waals surface area contributed by atoms with Gasteiger partial charge in [-0.2, -0.15) is 0 Å². The topological polar surface area (TPSA) is 102 Å². The highest BCUT2D eigenvalue weighted by molar-refractivity contribution is 4.92. The zero-order chi connectivity index (χ0) is 13.5. The van der Waals surface area contributed by atoms with Crippen molar-refractivity contribution in [3.05, 3.63) is 0 Å². The molecule has 0 aromatic rings. The van der Waals surface area contributed by atoms with Crippen LogP contribution in [0, 0.1) is 0 Å². The van der Waals surface area contributed by atoms with Gasteiger partial charge in [0.1, 0.15) is 18.3 Å². The van der Waals surface area contributed by atoms with Crippen LogP contribution in [-0.2, 0) is 4.74 Å². The number of rotatable bonds is 7. The molecule has 5 atom stereocenters. The quantitative estimate of drug-likeness (QED) is 0.376. The van der Waals surface area contributed by atoms with Crippen LogP contribution in [0.3, 0.4) is 0 Å². The van der Waals surface area contributed by atoms with Gasteiger partial charge in [-0.1, -0.05) is 26.2 Å². The minimum Gasteiger partial charge on any atom is -0.394 e. The van der Waals surface area contributed by atoms with Gasteiger partial charge in [-0.25, -0.2) is 0 Å². The molecule has 1 unspecified atom stereocenters. The van der Waals surface area contributed by atoms with Crippen LogP contribution in [0.1, 0.15) is 32.6 Å². The molecule has 0 radical (unpaired) electrons. The average Bonchev–Trinajstić information content (AvgIpc) is 2.37. The molecule has 1 aliphatic rings. The molecule has 18 heavy (non-hydrogen) atoms. The lowest BCUT2D eigenvalue weighted by Crippen LogP contribution is -2.63. The third-order valence-electron chi connectivity index (χ3n) is 3.31. The van der Waals surface area contributed by atoms with E-state index >= 15 is 0 Å². The minimum atomic E-state index is -1.22. The number of hydrogen-bond acceptors (Lipinski definition) is 6. The Morgan fingerprint density at radius 3 is 2.39 bits per heavy atom. The first-order chi connectivity index (χ1) is 8.61. The van der Waals surface area contributed by atoms with Gasteiger partial charge in [0, 0.05) is 0 Å². The molecule has 6 heteroatoms. The number of aliphatic hydroxyl groups is 4. The van der Waals surface area contributed by atoms with Gasteiger partial charge in [-0.3, -0.25) is 0 Å². The SMILES string of the molecule is CCCCCCN[C@H]1C(O)O[C@H](CO)[C@@H](O)[C@@H]1O. The second-order valence-corrected chi connectivity index (χ2v) is 4.77. The molecule has 0 amide bonds. The monoisotopic (exact) mass is 263 g/mol. The van der Waals surface area contributed by atoms with Crippen molar-refractivity contribution in [3.8, 4) is 0 Å². The zero-order valence-electron chi connectivity index (χ0n) is 10.8. The Labute approximate surface area is 108 Å². The first-order valence-electron chi connectivity index (χ1n) is 6.65. The molecule has 1 fully saturated rings. The van der Waals surface area contributed by atoms with Crippen molar-refractivity contribution in [2.75, 3.05) is 13.2 Å². The van der Waals surface area contributed by atoms with E-state index < -0.39 is 37.3 Å². The first kappa shape index (κ1) is 15.8. The van der Waals surface area contributed by atoms with Crippen LogP contribution in [0.15, 0.2) is 0 Å². The van der Waals surface area contributed by atoms with Gasteiger partial charge in [0.2, 0.25) is 0 Å². The molecule has 108 valence electrons. The summed E-state index contributed by atoms with van der Waals surface area (Å²) in [6.07, 6.45) is -0.143. The summed E-state index contributed by atoms with van der Waals surface area (Å²) in [5.41, 5.74) is 0. The fraction of sp³-hybridized carbons (Fsp3) is 1.00. The number of nitrogens with one attached hydrogen (secondary N) is 1. The minimum absolute atomic E-state index is 0.432. The molecular weight excluding hydrogens is 238 g/mol. The standard InChI is InChI=1S/C12H25NO5/c1-2-3-4-5-6-13-9-11(16)10(15)8(7-14)18-12(9)17/h8-17H,2-7H2,1H3/t8-,9-,10-,11-,12?/m1/s1. The molecule has 6 nitrogen and oxygen atoms in total. The maximum atomic E-state index is 9.85. The van der Waals surface area contributed by atoms with Gasteiger partial charge >= 0.3 is 0 Å². The highest BCUT2D eigenvalue weighted by Crippen LogP contribution is 2.19. The largest absolute Gasteiger partial charge is 0.394 e. The van der Waals surface area contributed by atoms with Gasteiger partial charge in [0.15, 0.2) is 6.29 Å². The zero-order valence-corrected chi connectivity index (χ0v) is 10.8. The summed E-state index contributed by atoms with van der Waals surface area (Å²) in [4.78, 5) is 0. The van der Waals surface area contributed by atoms with Crippen LogP contribution in [0.25, 0.3) is 0 Å². The third kappa shape index (κ3) is 4.15. The highest BCUT2D eigenvalue weighted by Gasteiger charge is 2.43. The predicted octanol–water partition coefficient (Wildman–Crippen LogP) is -1.04. The van der Waals surface area contributed by atoms with Gasteiger partial charge in [0.05, 0.1) is 12.6 Å². The molecule has 0 spiro atoms. The highest BCUT2D eigenvalue weighted by atomic mass is 16.6. The summed E-state index contributed by atoms with van der Waals surface area (Å²) in [5.74, 6) is 0. The fourth-order valence-corrected chi connectivity index (χ4v) is 2.14. The van der Waals surface area contributed by atoms with Crippen LogP contribution < -0.4 is 5.32 Å². The normalized spacial score (nSPS) is 36.8. The number of ether oxygens (including phenoxy) is 1. The van der Waals surface area contributed by atoms with Gasteiger partial charge < -0.3 is 30.5 Å². The van der Waals surface area contributed by atoms with Gasteiger partial charge in [-0.15, -0.1) is 0 Å². The molecule has 5 N–H and O–H groups in total. The fourth-order valence-electron chi connectivity index (χ4n) is 2.14. The first-order valence-corrected chi connectivity index (χ1v) is 6.65. The van der Waals surface area contributed by atoms with Crippen molar-refractivity contribution in [3.63, 3.8) is 0 Å². The Hall–Kier alpha value is -0.240.